The Hall–Kier alpha value is -2.08. The molecule has 0 aliphatic carbocycles. The van der Waals surface area contributed by atoms with Gasteiger partial charge < -0.3 is 20.3 Å². The Labute approximate surface area is 131 Å². The highest BCUT2D eigenvalue weighted by molar-refractivity contribution is 5.98. The average molecular weight is 307 g/mol. The molecule has 2 N–H and O–H groups in total. The number of hydrogen-bond donors (Lipinski definition) is 1. The van der Waals surface area contributed by atoms with Gasteiger partial charge in [0.1, 0.15) is 12.1 Å². The van der Waals surface area contributed by atoms with Crippen molar-refractivity contribution in [1.82, 2.24) is 0 Å². The second kappa shape index (κ2) is 7.26. The lowest BCUT2D eigenvalue weighted by atomic mass is 10.2. The Kier molecular flexibility index (Phi) is 5.93. The molecule has 0 spiro atoms. The molecule has 0 aromatic heterocycles. The van der Waals surface area contributed by atoms with E-state index in [-0.39, 0.29) is 19.0 Å². The Morgan fingerprint density at radius 2 is 1.59 bits per heavy atom. The van der Waals surface area contributed by atoms with Gasteiger partial charge in [0.2, 0.25) is 5.91 Å². The zero-order valence-electron chi connectivity index (χ0n) is 13.9. The smallest absolute Gasteiger partial charge is 0.326 e. The van der Waals surface area contributed by atoms with Crippen LogP contribution < -0.4 is 15.5 Å². The molecule has 1 rings (SSSR count). The van der Waals surface area contributed by atoms with E-state index in [1.807, 2.05) is 31.1 Å². The third-order valence-corrected chi connectivity index (χ3v) is 2.86. The van der Waals surface area contributed by atoms with Crippen LogP contribution in [0.25, 0.3) is 0 Å². The molecule has 6 nitrogen and oxygen atoms in total. The average Bonchev–Trinajstić information content (AvgIpc) is 2.42. The molecule has 0 radical (unpaired) electrons. The van der Waals surface area contributed by atoms with E-state index in [2.05, 4.69) is 0 Å². The van der Waals surface area contributed by atoms with Crippen LogP contribution in [0.3, 0.4) is 0 Å². The summed E-state index contributed by atoms with van der Waals surface area (Å²) in [7, 11) is 3.86. The molecule has 0 aliphatic rings. The molecular formula is C16H25N3O3. The van der Waals surface area contributed by atoms with Crippen molar-refractivity contribution in [2.45, 2.75) is 26.4 Å². The maximum absolute atomic E-state index is 12.0. The molecule has 0 atom stereocenters. The molecule has 122 valence electrons. The second-order valence-electron chi connectivity index (χ2n) is 6.18. The zero-order valence-corrected chi connectivity index (χ0v) is 13.9. The van der Waals surface area contributed by atoms with E-state index in [0.717, 1.165) is 5.69 Å². The summed E-state index contributed by atoms with van der Waals surface area (Å²) in [5, 5.41) is 0. The first-order valence-corrected chi connectivity index (χ1v) is 7.13. The largest absolute Gasteiger partial charge is 0.459 e. The van der Waals surface area contributed by atoms with E-state index in [4.69, 9.17) is 10.5 Å². The number of esters is 1. The monoisotopic (exact) mass is 307 g/mol. The van der Waals surface area contributed by atoms with Crippen molar-refractivity contribution in [1.29, 1.82) is 0 Å². The fourth-order valence-corrected chi connectivity index (χ4v) is 1.87. The van der Waals surface area contributed by atoms with Crippen LogP contribution in [-0.2, 0) is 14.3 Å². The molecule has 1 amide bonds. The Morgan fingerprint density at radius 1 is 1.09 bits per heavy atom. The Balaban J connectivity index is 2.93. The van der Waals surface area contributed by atoms with Gasteiger partial charge in [-0.2, -0.15) is 0 Å². The molecule has 0 heterocycles. The van der Waals surface area contributed by atoms with Gasteiger partial charge in [0.25, 0.3) is 0 Å². The van der Waals surface area contributed by atoms with Gasteiger partial charge in [0.15, 0.2) is 0 Å². The molecule has 22 heavy (non-hydrogen) atoms. The van der Waals surface area contributed by atoms with E-state index in [1.165, 1.54) is 4.90 Å². The van der Waals surface area contributed by atoms with Crippen LogP contribution in [0.5, 0.6) is 0 Å². The van der Waals surface area contributed by atoms with Gasteiger partial charge in [0.05, 0.1) is 6.54 Å². The molecule has 1 aromatic rings. The van der Waals surface area contributed by atoms with E-state index >= 15 is 0 Å². The highest BCUT2D eigenvalue weighted by Gasteiger charge is 2.22. The topological polar surface area (TPSA) is 75.9 Å². The molecule has 0 saturated carbocycles. The van der Waals surface area contributed by atoms with Crippen LogP contribution in [0.1, 0.15) is 20.8 Å². The number of nitrogens with two attached hydrogens (primary N) is 1. The maximum atomic E-state index is 12.0. The number of nitrogens with zero attached hydrogens (tertiary/aromatic N) is 2. The predicted octanol–water partition coefficient (Wildman–Crippen LogP) is 1.39. The van der Waals surface area contributed by atoms with E-state index < -0.39 is 11.6 Å². The summed E-state index contributed by atoms with van der Waals surface area (Å²) in [5.74, 6) is -0.797. The van der Waals surface area contributed by atoms with Gasteiger partial charge in [-0.1, -0.05) is 0 Å². The molecule has 6 heteroatoms. The fraction of sp³-hybridized carbons (Fsp3) is 0.500. The van der Waals surface area contributed by atoms with Gasteiger partial charge in [-0.05, 0) is 45.0 Å². The summed E-state index contributed by atoms with van der Waals surface area (Å²) in [6, 6.07) is 7.32. The number of hydrogen-bond acceptors (Lipinski definition) is 5. The number of carbonyl (C=O) groups excluding carboxylic acids is 2. The predicted molar refractivity (Wildman–Crippen MR) is 88.0 cm³/mol. The highest BCUT2D eigenvalue weighted by Crippen LogP contribution is 2.20. The van der Waals surface area contributed by atoms with Crippen molar-refractivity contribution in [3.63, 3.8) is 0 Å². The molecule has 0 fully saturated rings. The third-order valence-electron chi connectivity index (χ3n) is 2.86. The summed E-state index contributed by atoms with van der Waals surface area (Å²) >= 11 is 0. The fourth-order valence-electron chi connectivity index (χ4n) is 1.87. The van der Waals surface area contributed by atoms with Gasteiger partial charge in [-0.25, -0.2) is 0 Å². The zero-order chi connectivity index (χ0) is 16.9. The van der Waals surface area contributed by atoms with Crippen LogP contribution in [-0.4, -0.2) is 44.7 Å². The first-order valence-electron chi connectivity index (χ1n) is 7.13. The maximum Gasteiger partial charge on any atom is 0.326 e. The molecular weight excluding hydrogens is 282 g/mol. The number of anilines is 2. The standard InChI is InChI=1S/C16H25N3O3/c1-16(2,3)22-15(21)11-19(14(20)10-17)13-8-6-12(7-9-13)18(4)5/h6-9H,10-11,17H2,1-5H3. The van der Waals surface area contributed by atoms with Crippen LogP contribution in [0.2, 0.25) is 0 Å². The Morgan fingerprint density at radius 3 is 2.00 bits per heavy atom. The van der Waals surface area contributed by atoms with Crippen molar-refractivity contribution < 1.29 is 14.3 Å². The Bertz CT molecular complexity index is 518. The molecule has 0 aliphatic heterocycles. The van der Waals surface area contributed by atoms with Crippen LogP contribution in [0.4, 0.5) is 11.4 Å². The molecule has 0 unspecified atom stereocenters. The van der Waals surface area contributed by atoms with Crippen LogP contribution >= 0.6 is 0 Å². The molecule has 0 saturated heterocycles. The third kappa shape index (κ3) is 5.37. The lowest BCUT2D eigenvalue weighted by Gasteiger charge is -2.25. The van der Waals surface area contributed by atoms with Gasteiger partial charge in [-0.15, -0.1) is 0 Å². The lowest BCUT2D eigenvalue weighted by molar-refractivity contribution is -0.153. The van der Waals surface area contributed by atoms with Gasteiger partial charge >= 0.3 is 5.97 Å². The van der Waals surface area contributed by atoms with E-state index in [0.29, 0.717) is 5.69 Å². The van der Waals surface area contributed by atoms with Crippen LogP contribution in [0.15, 0.2) is 24.3 Å². The van der Waals surface area contributed by atoms with E-state index in [1.54, 1.807) is 32.9 Å². The van der Waals surface area contributed by atoms with Crippen molar-refractivity contribution in [2.24, 2.45) is 5.73 Å². The number of carbonyl (C=O) groups is 2. The SMILES string of the molecule is CN(C)c1ccc(N(CC(=O)OC(C)(C)C)C(=O)CN)cc1. The highest BCUT2D eigenvalue weighted by atomic mass is 16.6. The quantitative estimate of drug-likeness (QED) is 0.832. The molecule has 1 aromatic carbocycles. The number of benzene rings is 1. The summed E-state index contributed by atoms with van der Waals surface area (Å²) in [5.41, 5.74) is 6.46. The molecule has 0 bridgehead atoms. The number of rotatable bonds is 5. The first-order chi connectivity index (χ1) is 10.1. The summed E-state index contributed by atoms with van der Waals surface area (Å²) in [6.45, 7) is 5.02. The van der Waals surface area contributed by atoms with Crippen molar-refractivity contribution in [3.8, 4) is 0 Å². The number of ether oxygens (including phenoxy) is 1. The normalized spacial score (nSPS) is 11.0. The van der Waals surface area contributed by atoms with Crippen LogP contribution in [0, 0.1) is 0 Å². The van der Waals surface area contributed by atoms with Crippen molar-refractivity contribution >= 4 is 23.3 Å². The minimum atomic E-state index is -0.594. The van der Waals surface area contributed by atoms with E-state index in [9.17, 15) is 9.59 Å². The van der Waals surface area contributed by atoms with Gasteiger partial charge in [0, 0.05) is 25.5 Å². The number of amides is 1. The summed E-state index contributed by atoms with van der Waals surface area (Å²) in [4.78, 5) is 27.3. The summed E-state index contributed by atoms with van der Waals surface area (Å²) < 4.78 is 5.26. The minimum Gasteiger partial charge on any atom is -0.459 e. The first kappa shape index (κ1) is 18.0. The summed E-state index contributed by atoms with van der Waals surface area (Å²) in [6.07, 6.45) is 0. The lowest BCUT2D eigenvalue weighted by Crippen LogP contribution is -2.41. The second-order valence-corrected chi connectivity index (χ2v) is 6.18. The van der Waals surface area contributed by atoms with Gasteiger partial charge in [-0.3, -0.25) is 9.59 Å². The van der Waals surface area contributed by atoms with Crippen molar-refractivity contribution in [2.75, 3.05) is 37.0 Å². The minimum absolute atomic E-state index is 0.158. The van der Waals surface area contributed by atoms with Crippen molar-refractivity contribution in [3.05, 3.63) is 24.3 Å².